The van der Waals surface area contributed by atoms with Crippen LogP contribution in [-0.4, -0.2) is 18.3 Å². The molecule has 15 heavy (non-hydrogen) atoms. The van der Waals surface area contributed by atoms with Gasteiger partial charge in [-0.1, -0.05) is 28.1 Å². The van der Waals surface area contributed by atoms with Gasteiger partial charge >= 0.3 is 0 Å². The number of aliphatic hydroxyl groups excluding tert-OH is 1. The summed E-state index contributed by atoms with van der Waals surface area (Å²) in [5.41, 5.74) is 0.824. The summed E-state index contributed by atoms with van der Waals surface area (Å²) in [6.45, 7) is 0.470. The second kappa shape index (κ2) is 6.57. The molecule has 1 atom stereocenters. The third kappa shape index (κ3) is 4.00. The van der Waals surface area contributed by atoms with Crippen molar-refractivity contribution in [1.29, 1.82) is 5.26 Å². The number of aliphatic hydroxyl groups is 1. The van der Waals surface area contributed by atoms with E-state index < -0.39 is 6.10 Å². The Labute approximate surface area is 97.4 Å². The molecule has 1 aromatic carbocycles. The molecule has 0 bridgehead atoms. The minimum atomic E-state index is -0.561. The number of hydrogen-bond donors (Lipinski definition) is 1. The molecule has 4 heteroatoms. The number of nitriles is 1. The fourth-order valence-electron chi connectivity index (χ4n) is 1.14. The molecule has 1 unspecified atom stereocenters. The van der Waals surface area contributed by atoms with Crippen molar-refractivity contribution in [3.63, 3.8) is 0 Å². The van der Waals surface area contributed by atoms with Crippen LogP contribution in [0.2, 0.25) is 0 Å². The molecule has 0 radical (unpaired) electrons. The number of ether oxygens (including phenoxy) is 1. The Morgan fingerprint density at radius 3 is 2.93 bits per heavy atom. The Balaban J connectivity index is 2.63. The SMILES string of the molecule is N#CC(OCCCO)c1cccc(Br)c1. The minimum Gasteiger partial charge on any atom is -0.396 e. The Morgan fingerprint density at radius 2 is 2.33 bits per heavy atom. The van der Waals surface area contributed by atoms with Gasteiger partial charge in [-0.05, 0) is 24.1 Å². The largest absolute Gasteiger partial charge is 0.396 e. The molecule has 0 heterocycles. The maximum Gasteiger partial charge on any atom is 0.169 e. The van der Waals surface area contributed by atoms with Crippen molar-refractivity contribution in [3.05, 3.63) is 34.3 Å². The van der Waals surface area contributed by atoms with E-state index in [0.29, 0.717) is 13.0 Å². The molecule has 1 aromatic rings. The molecule has 0 fully saturated rings. The average Bonchev–Trinajstić information content (AvgIpc) is 2.24. The maximum absolute atomic E-state index is 8.92. The Hall–Kier alpha value is -0.890. The van der Waals surface area contributed by atoms with Crippen LogP contribution < -0.4 is 0 Å². The summed E-state index contributed by atoms with van der Waals surface area (Å²) < 4.78 is 6.25. The molecule has 0 aliphatic carbocycles. The standard InChI is InChI=1S/C11H12BrNO2/c12-10-4-1-3-9(7-10)11(8-13)15-6-2-5-14/h1,3-4,7,11,14H,2,5-6H2. The maximum atomic E-state index is 8.92. The first-order chi connectivity index (χ1) is 7.27. The molecule has 0 spiro atoms. The highest BCUT2D eigenvalue weighted by molar-refractivity contribution is 9.10. The van der Waals surface area contributed by atoms with Crippen molar-refractivity contribution in [1.82, 2.24) is 0 Å². The lowest BCUT2D eigenvalue weighted by atomic mass is 10.1. The van der Waals surface area contributed by atoms with Crippen LogP contribution in [0.15, 0.2) is 28.7 Å². The predicted octanol–water partition coefficient (Wildman–Crippen LogP) is 2.41. The van der Waals surface area contributed by atoms with E-state index in [1.807, 2.05) is 24.3 Å². The number of benzene rings is 1. The summed E-state index contributed by atoms with van der Waals surface area (Å²) in [6.07, 6.45) is -0.0133. The molecule has 0 saturated heterocycles. The third-order valence-corrected chi connectivity index (χ3v) is 2.35. The summed E-state index contributed by atoms with van der Waals surface area (Å²) >= 11 is 3.34. The van der Waals surface area contributed by atoms with Gasteiger partial charge in [0, 0.05) is 11.1 Å². The molecule has 80 valence electrons. The molecule has 0 saturated carbocycles. The Morgan fingerprint density at radius 1 is 1.53 bits per heavy atom. The predicted molar refractivity (Wildman–Crippen MR) is 60.2 cm³/mol. The summed E-state index contributed by atoms with van der Waals surface area (Å²) in [4.78, 5) is 0. The van der Waals surface area contributed by atoms with Crippen LogP contribution in [0.5, 0.6) is 0 Å². The monoisotopic (exact) mass is 269 g/mol. The Bertz CT molecular complexity index is 349. The molecule has 0 aliphatic rings. The fourth-order valence-corrected chi connectivity index (χ4v) is 1.56. The van der Waals surface area contributed by atoms with Gasteiger partial charge in [0.2, 0.25) is 0 Å². The molecule has 0 aliphatic heterocycles. The number of hydrogen-bond acceptors (Lipinski definition) is 3. The van der Waals surface area contributed by atoms with Crippen LogP contribution in [0.3, 0.4) is 0 Å². The van der Waals surface area contributed by atoms with E-state index in [-0.39, 0.29) is 6.61 Å². The van der Waals surface area contributed by atoms with E-state index in [1.54, 1.807) is 0 Å². The van der Waals surface area contributed by atoms with Crippen LogP contribution in [0.25, 0.3) is 0 Å². The zero-order valence-corrected chi connectivity index (χ0v) is 9.77. The quantitative estimate of drug-likeness (QED) is 0.836. The summed E-state index contributed by atoms with van der Waals surface area (Å²) in [5, 5.41) is 17.5. The Kier molecular flexibility index (Phi) is 5.33. The smallest absolute Gasteiger partial charge is 0.169 e. The van der Waals surface area contributed by atoms with Crippen LogP contribution in [0.4, 0.5) is 0 Å². The van der Waals surface area contributed by atoms with Crippen LogP contribution in [0.1, 0.15) is 18.1 Å². The molecule has 1 N–H and O–H groups in total. The average molecular weight is 270 g/mol. The van der Waals surface area contributed by atoms with Gasteiger partial charge in [0.15, 0.2) is 6.10 Å². The zero-order valence-electron chi connectivity index (χ0n) is 8.19. The van der Waals surface area contributed by atoms with E-state index in [4.69, 9.17) is 15.1 Å². The lowest BCUT2D eigenvalue weighted by Gasteiger charge is -2.10. The summed E-state index contributed by atoms with van der Waals surface area (Å²) in [5.74, 6) is 0. The first-order valence-electron chi connectivity index (χ1n) is 4.65. The zero-order chi connectivity index (χ0) is 11.1. The van der Waals surface area contributed by atoms with E-state index in [0.717, 1.165) is 10.0 Å². The first kappa shape index (κ1) is 12.2. The van der Waals surface area contributed by atoms with Gasteiger partial charge in [-0.25, -0.2) is 0 Å². The molecular formula is C11H12BrNO2. The van der Waals surface area contributed by atoms with E-state index in [2.05, 4.69) is 22.0 Å². The topological polar surface area (TPSA) is 53.2 Å². The third-order valence-electron chi connectivity index (χ3n) is 1.86. The number of halogens is 1. The van der Waals surface area contributed by atoms with Crippen LogP contribution >= 0.6 is 15.9 Å². The van der Waals surface area contributed by atoms with Crippen molar-refractivity contribution in [2.75, 3.05) is 13.2 Å². The molecule has 0 aromatic heterocycles. The second-order valence-corrected chi connectivity index (χ2v) is 3.93. The number of nitrogens with zero attached hydrogens (tertiary/aromatic N) is 1. The van der Waals surface area contributed by atoms with Crippen LogP contribution in [-0.2, 0) is 4.74 Å². The molecule has 1 rings (SSSR count). The van der Waals surface area contributed by atoms with Gasteiger partial charge in [-0.2, -0.15) is 5.26 Å². The van der Waals surface area contributed by atoms with Crippen molar-refractivity contribution >= 4 is 15.9 Å². The van der Waals surface area contributed by atoms with Crippen molar-refractivity contribution in [3.8, 4) is 6.07 Å². The fraction of sp³-hybridized carbons (Fsp3) is 0.364. The van der Waals surface area contributed by atoms with Gasteiger partial charge in [-0.15, -0.1) is 0 Å². The lowest BCUT2D eigenvalue weighted by Crippen LogP contribution is -2.04. The van der Waals surface area contributed by atoms with E-state index in [9.17, 15) is 0 Å². The van der Waals surface area contributed by atoms with Crippen molar-refractivity contribution in [2.45, 2.75) is 12.5 Å². The highest BCUT2D eigenvalue weighted by atomic mass is 79.9. The minimum absolute atomic E-state index is 0.0800. The van der Waals surface area contributed by atoms with E-state index >= 15 is 0 Å². The molecule has 3 nitrogen and oxygen atoms in total. The van der Waals surface area contributed by atoms with Gasteiger partial charge in [-0.3, -0.25) is 0 Å². The van der Waals surface area contributed by atoms with Crippen molar-refractivity contribution < 1.29 is 9.84 Å². The summed E-state index contributed by atoms with van der Waals surface area (Å²) in [6, 6.07) is 9.53. The van der Waals surface area contributed by atoms with Gasteiger partial charge in [0.1, 0.15) is 0 Å². The van der Waals surface area contributed by atoms with Gasteiger partial charge in [0.25, 0.3) is 0 Å². The van der Waals surface area contributed by atoms with Crippen molar-refractivity contribution in [2.24, 2.45) is 0 Å². The highest BCUT2D eigenvalue weighted by Crippen LogP contribution is 2.20. The first-order valence-corrected chi connectivity index (χ1v) is 5.44. The van der Waals surface area contributed by atoms with Gasteiger partial charge < -0.3 is 9.84 Å². The number of rotatable bonds is 5. The summed E-state index contributed by atoms with van der Waals surface area (Å²) in [7, 11) is 0. The second-order valence-electron chi connectivity index (χ2n) is 3.01. The molecular weight excluding hydrogens is 258 g/mol. The lowest BCUT2D eigenvalue weighted by molar-refractivity contribution is 0.0773. The van der Waals surface area contributed by atoms with Crippen LogP contribution in [0, 0.1) is 11.3 Å². The normalized spacial score (nSPS) is 12.1. The van der Waals surface area contributed by atoms with E-state index in [1.165, 1.54) is 0 Å². The molecule has 0 amide bonds. The van der Waals surface area contributed by atoms with Gasteiger partial charge in [0.05, 0.1) is 12.7 Å². The highest BCUT2D eigenvalue weighted by Gasteiger charge is 2.10.